The summed E-state index contributed by atoms with van der Waals surface area (Å²) in [6.07, 6.45) is 7.72. The Labute approximate surface area is 138 Å². The lowest BCUT2D eigenvalue weighted by Gasteiger charge is -2.44. The van der Waals surface area contributed by atoms with Crippen molar-refractivity contribution in [3.63, 3.8) is 0 Å². The van der Waals surface area contributed by atoms with E-state index in [-0.39, 0.29) is 54.2 Å². The fraction of sp³-hybridized carbons (Fsp3) is 0.875. The Hall–Kier alpha value is -0.810. The van der Waals surface area contributed by atoms with E-state index in [1.165, 1.54) is 12.8 Å². The van der Waals surface area contributed by atoms with Gasteiger partial charge in [0.1, 0.15) is 0 Å². The highest BCUT2D eigenvalue weighted by Crippen LogP contribution is 2.59. The fourth-order valence-corrected chi connectivity index (χ4v) is 4.79. The summed E-state index contributed by atoms with van der Waals surface area (Å²) in [5, 5.41) is 6.47. The number of nitrogens with zero attached hydrogens (tertiary/aromatic N) is 1. The number of piperidine rings is 1. The van der Waals surface area contributed by atoms with Crippen LogP contribution < -0.4 is 10.6 Å². The molecular formula is C16H26ClN3O2. The van der Waals surface area contributed by atoms with Gasteiger partial charge >= 0.3 is 0 Å². The van der Waals surface area contributed by atoms with Crippen LogP contribution in [0.3, 0.4) is 0 Å². The number of hydrogen-bond donors (Lipinski definition) is 2. The number of carbonyl (C=O) groups excluding carboxylic acids is 2. The van der Waals surface area contributed by atoms with Crippen LogP contribution in [0, 0.1) is 11.3 Å². The van der Waals surface area contributed by atoms with E-state index in [4.69, 9.17) is 0 Å². The second-order valence-corrected chi connectivity index (χ2v) is 7.36. The number of fused-ring (bicyclic) bond motifs is 1. The van der Waals surface area contributed by atoms with Gasteiger partial charge in [0.05, 0.1) is 12.6 Å². The molecule has 1 spiro atoms. The summed E-state index contributed by atoms with van der Waals surface area (Å²) in [7, 11) is 0. The SMILES string of the molecule is Cl.O=C1CN(C(=O)C2CC23CCNCC3)C2CCCCC2N1. The molecule has 0 radical (unpaired) electrons. The van der Waals surface area contributed by atoms with E-state index >= 15 is 0 Å². The van der Waals surface area contributed by atoms with Crippen molar-refractivity contribution in [3.8, 4) is 0 Å². The molecule has 4 aliphatic rings. The topological polar surface area (TPSA) is 61.4 Å². The standard InChI is InChI=1S/C16H25N3O2.ClH/c20-14-10-19(13-4-2-1-3-12(13)18-14)15(21)11-9-16(11)5-7-17-8-6-16;/h11-13,17H,1-10H2,(H,18,20);1H. The number of carbonyl (C=O) groups is 2. The van der Waals surface area contributed by atoms with Crippen molar-refractivity contribution in [3.05, 3.63) is 0 Å². The molecule has 4 rings (SSSR count). The molecule has 2 aliphatic carbocycles. The minimum absolute atomic E-state index is 0. The van der Waals surface area contributed by atoms with Gasteiger partial charge in [0, 0.05) is 12.0 Å². The molecule has 22 heavy (non-hydrogen) atoms. The predicted octanol–water partition coefficient (Wildman–Crippen LogP) is 1.07. The average molecular weight is 328 g/mol. The normalized spacial score (nSPS) is 36.1. The third-order valence-electron chi connectivity index (χ3n) is 6.16. The van der Waals surface area contributed by atoms with Crippen LogP contribution in [0.4, 0.5) is 0 Å². The summed E-state index contributed by atoms with van der Waals surface area (Å²) in [6.45, 7) is 2.36. The zero-order valence-electron chi connectivity index (χ0n) is 13.0. The van der Waals surface area contributed by atoms with Crippen molar-refractivity contribution < 1.29 is 9.59 Å². The maximum atomic E-state index is 13.0. The summed E-state index contributed by atoms with van der Waals surface area (Å²) in [5.74, 6) is 0.489. The molecule has 124 valence electrons. The second-order valence-electron chi connectivity index (χ2n) is 7.36. The molecule has 3 unspecified atom stereocenters. The van der Waals surface area contributed by atoms with Crippen molar-refractivity contribution in [1.82, 2.24) is 15.5 Å². The van der Waals surface area contributed by atoms with E-state index in [1.54, 1.807) is 0 Å². The Morgan fingerprint density at radius 3 is 2.68 bits per heavy atom. The van der Waals surface area contributed by atoms with Crippen molar-refractivity contribution in [1.29, 1.82) is 0 Å². The lowest BCUT2D eigenvalue weighted by Crippen LogP contribution is -2.63. The molecule has 2 saturated heterocycles. The second kappa shape index (κ2) is 6.00. The first-order valence-electron chi connectivity index (χ1n) is 8.50. The van der Waals surface area contributed by atoms with Crippen LogP contribution in [-0.2, 0) is 9.59 Å². The van der Waals surface area contributed by atoms with Gasteiger partial charge in [-0.2, -0.15) is 0 Å². The van der Waals surface area contributed by atoms with E-state index in [9.17, 15) is 9.59 Å². The van der Waals surface area contributed by atoms with Gasteiger partial charge in [-0.25, -0.2) is 0 Å². The number of rotatable bonds is 1. The lowest BCUT2D eigenvalue weighted by molar-refractivity contribution is -0.146. The van der Waals surface area contributed by atoms with Crippen LogP contribution in [0.25, 0.3) is 0 Å². The summed E-state index contributed by atoms with van der Waals surface area (Å²) in [5.41, 5.74) is 0.264. The smallest absolute Gasteiger partial charge is 0.239 e. The van der Waals surface area contributed by atoms with Crippen LogP contribution in [0.15, 0.2) is 0 Å². The number of hydrogen-bond acceptors (Lipinski definition) is 3. The summed E-state index contributed by atoms with van der Waals surface area (Å²) in [6, 6.07) is 0.454. The number of halogens is 1. The maximum Gasteiger partial charge on any atom is 0.239 e. The van der Waals surface area contributed by atoms with Crippen LogP contribution in [-0.4, -0.2) is 48.4 Å². The average Bonchev–Trinajstić information content (AvgIpc) is 3.19. The van der Waals surface area contributed by atoms with Crippen LogP contribution in [0.2, 0.25) is 0 Å². The van der Waals surface area contributed by atoms with E-state index < -0.39 is 0 Å². The third-order valence-corrected chi connectivity index (χ3v) is 6.16. The molecular weight excluding hydrogens is 302 g/mol. The lowest BCUT2D eigenvalue weighted by atomic mass is 9.86. The molecule has 6 heteroatoms. The molecule has 4 fully saturated rings. The quantitative estimate of drug-likeness (QED) is 0.757. The van der Waals surface area contributed by atoms with Crippen LogP contribution in [0.5, 0.6) is 0 Å². The van der Waals surface area contributed by atoms with Gasteiger partial charge in [0.2, 0.25) is 11.8 Å². The zero-order valence-corrected chi connectivity index (χ0v) is 13.8. The van der Waals surface area contributed by atoms with E-state index in [0.29, 0.717) is 0 Å². The highest BCUT2D eigenvalue weighted by molar-refractivity contribution is 5.89. The highest BCUT2D eigenvalue weighted by atomic mass is 35.5. The van der Waals surface area contributed by atoms with Crippen molar-refractivity contribution >= 4 is 24.2 Å². The molecule has 2 aliphatic heterocycles. The maximum absolute atomic E-state index is 13.0. The van der Waals surface area contributed by atoms with Crippen LogP contribution >= 0.6 is 12.4 Å². The molecule has 0 aromatic heterocycles. The molecule has 2 amide bonds. The third kappa shape index (κ3) is 2.62. The molecule has 2 saturated carbocycles. The van der Waals surface area contributed by atoms with Crippen molar-refractivity contribution in [2.75, 3.05) is 19.6 Å². The highest BCUT2D eigenvalue weighted by Gasteiger charge is 2.59. The number of piperazine rings is 1. The zero-order chi connectivity index (χ0) is 14.4. The summed E-state index contributed by atoms with van der Waals surface area (Å²) < 4.78 is 0. The molecule has 3 atom stereocenters. The molecule has 0 bridgehead atoms. The fourth-order valence-electron chi connectivity index (χ4n) is 4.79. The molecule has 0 aromatic carbocycles. The van der Waals surface area contributed by atoms with Gasteiger partial charge < -0.3 is 15.5 Å². The monoisotopic (exact) mass is 327 g/mol. The van der Waals surface area contributed by atoms with Crippen molar-refractivity contribution in [2.24, 2.45) is 11.3 Å². The van der Waals surface area contributed by atoms with E-state index in [0.717, 1.165) is 45.2 Å². The first-order chi connectivity index (χ1) is 10.2. The summed E-state index contributed by atoms with van der Waals surface area (Å²) in [4.78, 5) is 26.8. The summed E-state index contributed by atoms with van der Waals surface area (Å²) >= 11 is 0. The molecule has 0 aromatic rings. The van der Waals surface area contributed by atoms with Gasteiger partial charge in [0.25, 0.3) is 0 Å². The van der Waals surface area contributed by atoms with Crippen molar-refractivity contribution in [2.45, 2.75) is 57.0 Å². The van der Waals surface area contributed by atoms with E-state index in [1.807, 2.05) is 4.90 Å². The number of amides is 2. The number of nitrogens with one attached hydrogen (secondary N) is 2. The molecule has 2 N–H and O–H groups in total. The van der Waals surface area contributed by atoms with Crippen LogP contribution in [0.1, 0.15) is 44.9 Å². The first-order valence-corrected chi connectivity index (χ1v) is 8.50. The van der Waals surface area contributed by atoms with Gasteiger partial charge in [-0.3, -0.25) is 9.59 Å². The molecule has 2 heterocycles. The van der Waals surface area contributed by atoms with Gasteiger partial charge in [-0.05, 0) is 50.6 Å². The Balaban J connectivity index is 0.00000144. The minimum Gasteiger partial charge on any atom is -0.350 e. The minimum atomic E-state index is 0. The largest absolute Gasteiger partial charge is 0.350 e. The van der Waals surface area contributed by atoms with E-state index in [2.05, 4.69) is 10.6 Å². The Morgan fingerprint density at radius 1 is 1.18 bits per heavy atom. The van der Waals surface area contributed by atoms with Gasteiger partial charge in [-0.1, -0.05) is 12.8 Å². The Bertz CT molecular complexity index is 464. The van der Waals surface area contributed by atoms with Gasteiger partial charge in [-0.15, -0.1) is 12.4 Å². The predicted molar refractivity (Wildman–Crippen MR) is 85.8 cm³/mol. The Kier molecular flexibility index (Phi) is 4.38. The Morgan fingerprint density at radius 2 is 1.91 bits per heavy atom. The first kappa shape index (κ1) is 16.1. The molecule has 5 nitrogen and oxygen atoms in total. The van der Waals surface area contributed by atoms with Gasteiger partial charge in [0.15, 0.2) is 0 Å².